The Bertz CT molecular complexity index is 645. The van der Waals surface area contributed by atoms with Crippen LogP contribution >= 0.6 is 0 Å². The molecule has 1 aliphatic heterocycles. The first-order chi connectivity index (χ1) is 11.2. The van der Waals surface area contributed by atoms with E-state index in [9.17, 15) is 4.79 Å². The highest BCUT2D eigenvalue weighted by atomic mass is 16.7. The summed E-state index contributed by atoms with van der Waals surface area (Å²) in [6, 6.07) is 10.3. The lowest BCUT2D eigenvalue weighted by Gasteiger charge is -2.32. The van der Waals surface area contributed by atoms with E-state index >= 15 is 0 Å². The lowest BCUT2D eigenvalue weighted by molar-refractivity contribution is -0.117. The van der Waals surface area contributed by atoms with E-state index in [1.54, 1.807) is 0 Å². The Labute approximate surface area is 145 Å². The van der Waals surface area contributed by atoms with Crippen LogP contribution in [0.15, 0.2) is 35.9 Å². The van der Waals surface area contributed by atoms with E-state index in [0.717, 1.165) is 17.5 Å². The summed E-state index contributed by atoms with van der Waals surface area (Å²) in [7, 11) is -0.395. The smallest absolute Gasteiger partial charge is 0.399 e. The number of rotatable bonds is 3. The van der Waals surface area contributed by atoms with Crippen LogP contribution in [0.4, 0.5) is 0 Å². The van der Waals surface area contributed by atoms with Crippen LogP contribution in [0.25, 0.3) is 5.47 Å². The maximum absolute atomic E-state index is 11.8. The van der Waals surface area contributed by atoms with E-state index in [4.69, 9.17) is 9.31 Å². The van der Waals surface area contributed by atoms with Gasteiger partial charge in [-0.2, -0.15) is 0 Å². The zero-order valence-electron chi connectivity index (χ0n) is 15.4. The number of carbonyl (C=O) groups is 1. The van der Waals surface area contributed by atoms with E-state index in [1.807, 2.05) is 18.2 Å². The number of allylic oxidation sites excluding steroid dienone is 1. The van der Waals surface area contributed by atoms with Crippen LogP contribution in [0, 0.1) is 5.92 Å². The van der Waals surface area contributed by atoms with Crippen LogP contribution in [0.2, 0.25) is 0 Å². The number of hydrogen-bond acceptors (Lipinski definition) is 3. The molecular weight excluding hydrogens is 299 g/mol. The third kappa shape index (κ3) is 3.10. The Hall–Kier alpha value is -1.39. The van der Waals surface area contributed by atoms with Crippen molar-refractivity contribution >= 4 is 18.4 Å². The molecule has 1 aliphatic carbocycles. The molecular formula is C20H27BO3. The average Bonchev–Trinajstić information content (AvgIpc) is 3.02. The van der Waals surface area contributed by atoms with Crippen LogP contribution in [-0.4, -0.2) is 24.1 Å². The van der Waals surface area contributed by atoms with Crippen molar-refractivity contribution in [2.45, 2.75) is 65.1 Å². The fourth-order valence-electron chi connectivity index (χ4n) is 3.53. The molecule has 3 nitrogen and oxygen atoms in total. The number of hydrogen-bond donors (Lipinski definition) is 0. The van der Waals surface area contributed by atoms with Crippen LogP contribution in [0.5, 0.6) is 0 Å². The van der Waals surface area contributed by atoms with Gasteiger partial charge in [-0.3, -0.25) is 4.79 Å². The van der Waals surface area contributed by atoms with Gasteiger partial charge in [-0.05, 0) is 58.0 Å². The Morgan fingerprint density at radius 2 is 1.67 bits per heavy atom. The van der Waals surface area contributed by atoms with Crippen LogP contribution in [0.3, 0.4) is 0 Å². The maximum atomic E-state index is 11.8. The summed E-state index contributed by atoms with van der Waals surface area (Å²) in [5, 5.41) is 0. The van der Waals surface area contributed by atoms with Crippen LogP contribution in [0.1, 0.15) is 59.4 Å². The first-order valence-corrected chi connectivity index (χ1v) is 8.85. The molecule has 1 atom stereocenters. The minimum atomic E-state index is -0.395. The fraction of sp³-hybridized carbons (Fsp3) is 0.550. The van der Waals surface area contributed by atoms with Crippen molar-refractivity contribution in [3.63, 3.8) is 0 Å². The molecule has 2 aliphatic rings. The quantitative estimate of drug-likeness (QED) is 0.769. The lowest BCUT2D eigenvalue weighted by Crippen LogP contribution is -2.41. The molecule has 128 valence electrons. The highest BCUT2D eigenvalue weighted by Crippen LogP contribution is 2.43. The van der Waals surface area contributed by atoms with Crippen molar-refractivity contribution in [3.8, 4) is 0 Å². The monoisotopic (exact) mass is 326 g/mol. The fourth-order valence-corrected chi connectivity index (χ4v) is 3.53. The molecule has 0 amide bonds. The summed E-state index contributed by atoms with van der Waals surface area (Å²) < 4.78 is 12.6. The van der Waals surface area contributed by atoms with Gasteiger partial charge in [-0.25, -0.2) is 0 Å². The van der Waals surface area contributed by atoms with Crippen molar-refractivity contribution in [1.29, 1.82) is 0 Å². The summed E-state index contributed by atoms with van der Waals surface area (Å²) in [5.41, 5.74) is 2.69. The second-order valence-corrected chi connectivity index (χ2v) is 8.03. The molecule has 0 N–H and O–H groups in total. The Morgan fingerprint density at radius 1 is 1.08 bits per heavy atom. The molecule has 3 rings (SSSR count). The molecule has 1 heterocycles. The summed E-state index contributed by atoms with van der Waals surface area (Å²) in [6.45, 7) is 10.4. The standard InChI is InChI=1S/C20H27BO3/c1-14(16-11-12-17(22)13-16)18(15-9-7-6-8-10-15)21-23-19(2,3)20(4,5)24-21/h6-10,16H,11-13H2,1-5H3/b18-14-. The van der Waals surface area contributed by atoms with Gasteiger partial charge in [0.05, 0.1) is 11.2 Å². The Morgan fingerprint density at radius 3 is 2.17 bits per heavy atom. The van der Waals surface area contributed by atoms with E-state index in [1.165, 1.54) is 5.57 Å². The molecule has 0 spiro atoms. The molecule has 0 radical (unpaired) electrons. The maximum Gasteiger partial charge on any atom is 0.495 e. The molecule has 24 heavy (non-hydrogen) atoms. The van der Waals surface area contributed by atoms with Crippen molar-refractivity contribution < 1.29 is 14.1 Å². The first kappa shape index (κ1) is 17.4. The van der Waals surface area contributed by atoms with Crippen molar-refractivity contribution in [1.82, 2.24) is 0 Å². The topological polar surface area (TPSA) is 35.5 Å². The van der Waals surface area contributed by atoms with E-state index < -0.39 is 7.12 Å². The number of benzene rings is 1. The molecule has 0 bridgehead atoms. The van der Waals surface area contributed by atoms with Crippen LogP contribution in [-0.2, 0) is 14.1 Å². The van der Waals surface area contributed by atoms with Crippen molar-refractivity contribution in [3.05, 3.63) is 41.5 Å². The van der Waals surface area contributed by atoms with Gasteiger partial charge in [0.2, 0.25) is 0 Å². The van der Waals surface area contributed by atoms with Gasteiger partial charge >= 0.3 is 7.12 Å². The molecule has 1 aromatic carbocycles. The van der Waals surface area contributed by atoms with Gasteiger partial charge < -0.3 is 9.31 Å². The number of ketones is 1. The van der Waals surface area contributed by atoms with E-state index in [-0.39, 0.29) is 11.2 Å². The summed E-state index contributed by atoms with van der Waals surface area (Å²) in [6.07, 6.45) is 2.26. The predicted molar refractivity (Wildman–Crippen MR) is 97.5 cm³/mol. The zero-order valence-corrected chi connectivity index (χ0v) is 15.4. The SMILES string of the molecule is C/C(=C(/B1OC(C)(C)C(C)(C)O1)c1ccccc1)C1CCC(=O)C1. The number of carbonyl (C=O) groups excluding carboxylic acids is 1. The second-order valence-electron chi connectivity index (χ2n) is 8.03. The third-order valence-corrected chi connectivity index (χ3v) is 5.86. The van der Waals surface area contributed by atoms with Gasteiger partial charge in [0, 0.05) is 12.8 Å². The van der Waals surface area contributed by atoms with Gasteiger partial charge in [0.1, 0.15) is 5.78 Å². The summed E-state index contributed by atoms with van der Waals surface area (Å²) in [4.78, 5) is 11.8. The van der Waals surface area contributed by atoms with Gasteiger partial charge in [-0.15, -0.1) is 0 Å². The van der Waals surface area contributed by atoms with Gasteiger partial charge in [-0.1, -0.05) is 35.9 Å². The largest absolute Gasteiger partial charge is 0.495 e. The molecule has 1 aromatic rings. The Balaban J connectivity index is 2.03. The molecule has 4 heteroatoms. The van der Waals surface area contributed by atoms with Crippen molar-refractivity contribution in [2.75, 3.05) is 0 Å². The van der Waals surface area contributed by atoms with Gasteiger partial charge in [0.15, 0.2) is 0 Å². The molecule has 1 saturated heterocycles. The first-order valence-electron chi connectivity index (χ1n) is 8.85. The normalized spacial score (nSPS) is 26.6. The van der Waals surface area contributed by atoms with Crippen molar-refractivity contribution in [2.24, 2.45) is 5.92 Å². The van der Waals surface area contributed by atoms with Gasteiger partial charge in [0.25, 0.3) is 0 Å². The molecule has 2 fully saturated rings. The summed E-state index contributed by atoms with van der Waals surface area (Å²) in [5.74, 6) is 0.660. The van der Waals surface area contributed by atoms with E-state index in [2.05, 4.69) is 46.8 Å². The Kier molecular flexibility index (Phi) is 4.48. The highest BCUT2D eigenvalue weighted by molar-refractivity contribution is 6.69. The second kappa shape index (κ2) is 6.16. The lowest BCUT2D eigenvalue weighted by atomic mass is 9.69. The predicted octanol–water partition coefficient (Wildman–Crippen LogP) is 4.46. The number of Topliss-reactive ketones (excluding diaryl/α,β-unsaturated/α-hetero) is 1. The molecule has 0 aromatic heterocycles. The third-order valence-electron chi connectivity index (χ3n) is 5.86. The highest BCUT2D eigenvalue weighted by Gasteiger charge is 2.53. The minimum absolute atomic E-state index is 0.298. The average molecular weight is 326 g/mol. The van der Waals surface area contributed by atoms with E-state index in [0.29, 0.717) is 24.5 Å². The summed E-state index contributed by atoms with van der Waals surface area (Å²) >= 11 is 0. The molecule has 1 unspecified atom stereocenters. The van der Waals surface area contributed by atoms with Crippen LogP contribution < -0.4 is 0 Å². The minimum Gasteiger partial charge on any atom is -0.399 e. The zero-order chi connectivity index (χ0) is 17.5. The molecule has 1 saturated carbocycles.